The van der Waals surface area contributed by atoms with Crippen molar-refractivity contribution in [1.29, 1.82) is 0 Å². The van der Waals surface area contributed by atoms with Crippen LogP contribution in [0.1, 0.15) is 25.3 Å². The fourth-order valence-electron chi connectivity index (χ4n) is 1.72. The summed E-state index contributed by atoms with van der Waals surface area (Å²) in [5.41, 5.74) is 4.74. The summed E-state index contributed by atoms with van der Waals surface area (Å²) in [7, 11) is 0. The smallest absolute Gasteiger partial charge is 0.355 e. The molecule has 0 fully saturated rings. The molecule has 0 aromatic carbocycles. The lowest BCUT2D eigenvalue weighted by molar-refractivity contribution is -0.137. The van der Waals surface area contributed by atoms with Crippen LogP contribution in [0.4, 0.5) is 19.0 Å². The quantitative estimate of drug-likeness (QED) is 0.863. The van der Waals surface area contributed by atoms with Crippen molar-refractivity contribution in [2.75, 3.05) is 24.5 Å². The molecule has 0 saturated heterocycles. The Bertz CT molecular complexity index is 410. The van der Waals surface area contributed by atoms with Crippen molar-refractivity contribution in [3.05, 3.63) is 22.3 Å². The van der Waals surface area contributed by atoms with Gasteiger partial charge in [-0.25, -0.2) is 4.98 Å². The van der Waals surface area contributed by atoms with E-state index in [1.807, 2.05) is 6.92 Å². The van der Waals surface area contributed by atoms with Crippen LogP contribution in [0.15, 0.2) is 16.7 Å². The van der Waals surface area contributed by atoms with Crippen LogP contribution in [0, 0.1) is 0 Å². The number of pyridine rings is 1. The summed E-state index contributed by atoms with van der Waals surface area (Å²) in [6.45, 7) is 3.15. The van der Waals surface area contributed by atoms with E-state index in [0.717, 1.165) is 18.9 Å². The van der Waals surface area contributed by atoms with Crippen molar-refractivity contribution in [2.24, 2.45) is 5.73 Å². The van der Waals surface area contributed by atoms with Gasteiger partial charge in [0.05, 0.1) is 5.56 Å². The fraction of sp³-hybridized carbons (Fsp3) is 0.583. The van der Waals surface area contributed by atoms with E-state index in [9.17, 15) is 13.2 Å². The van der Waals surface area contributed by atoms with Crippen molar-refractivity contribution in [3.8, 4) is 0 Å². The molecular weight excluding hydrogens is 323 g/mol. The molecular formula is C12H17BrF3N3. The third-order valence-corrected chi connectivity index (χ3v) is 3.05. The topological polar surface area (TPSA) is 42.1 Å². The molecule has 0 unspecified atom stereocenters. The summed E-state index contributed by atoms with van der Waals surface area (Å²) < 4.78 is 39.4. The maximum Gasteiger partial charge on any atom is 0.419 e. The van der Waals surface area contributed by atoms with Crippen LogP contribution in [-0.4, -0.2) is 24.6 Å². The SMILES string of the molecule is CCCCN(CCN)c1ncc(Br)cc1C(F)(F)F. The Balaban J connectivity index is 3.14. The number of hydrogen-bond acceptors (Lipinski definition) is 3. The highest BCUT2D eigenvalue weighted by molar-refractivity contribution is 9.10. The average molecular weight is 340 g/mol. The molecule has 0 aliphatic heterocycles. The highest BCUT2D eigenvalue weighted by Gasteiger charge is 2.36. The fourth-order valence-corrected chi connectivity index (χ4v) is 2.05. The number of nitrogens with zero attached hydrogens (tertiary/aromatic N) is 2. The molecule has 1 aromatic heterocycles. The monoisotopic (exact) mass is 339 g/mol. The highest BCUT2D eigenvalue weighted by atomic mass is 79.9. The molecule has 0 spiro atoms. The molecule has 1 heterocycles. The molecule has 0 atom stereocenters. The summed E-state index contributed by atoms with van der Waals surface area (Å²) in [6, 6.07) is 1.05. The molecule has 0 aliphatic rings. The number of hydrogen-bond donors (Lipinski definition) is 1. The zero-order chi connectivity index (χ0) is 14.5. The summed E-state index contributed by atoms with van der Waals surface area (Å²) in [4.78, 5) is 5.52. The minimum absolute atomic E-state index is 0.0467. The minimum Gasteiger partial charge on any atom is -0.355 e. The highest BCUT2D eigenvalue weighted by Crippen LogP contribution is 2.36. The number of alkyl halides is 3. The Morgan fingerprint density at radius 3 is 2.58 bits per heavy atom. The van der Waals surface area contributed by atoms with Gasteiger partial charge in [-0.15, -0.1) is 0 Å². The normalized spacial score (nSPS) is 11.7. The van der Waals surface area contributed by atoms with Crippen LogP contribution in [0.25, 0.3) is 0 Å². The molecule has 0 amide bonds. The zero-order valence-corrected chi connectivity index (χ0v) is 12.3. The van der Waals surface area contributed by atoms with E-state index in [1.54, 1.807) is 4.90 Å². The number of rotatable bonds is 6. The van der Waals surface area contributed by atoms with Crippen molar-refractivity contribution in [2.45, 2.75) is 25.9 Å². The molecule has 0 bridgehead atoms. The lowest BCUT2D eigenvalue weighted by atomic mass is 10.2. The van der Waals surface area contributed by atoms with Gasteiger partial charge in [-0.2, -0.15) is 13.2 Å². The van der Waals surface area contributed by atoms with Crippen LogP contribution in [-0.2, 0) is 6.18 Å². The first-order valence-electron chi connectivity index (χ1n) is 6.08. The maximum atomic E-state index is 13.0. The van der Waals surface area contributed by atoms with Gasteiger partial charge in [0, 0.05) is 30.3 Å². The number of halogens is 4. The average Bonchev–Trinajstić information content (AvgIpc) is 2.33. The molecule has 0 radical (unpaired) electrons. The molecule has 2 N–H and O–H groups in total. The summed E-state index contributed by atoms with van der Waals surface area (Å²) in [5, 5.41) is 0. The molecule has 0 saturated carbocycles. The minimum atomic E-state index is -4.43. The Labute approximate surface area is 119 Å². The molecule has 19 heavy (non-hydrogen) atoms. The van der Waals surface area contributed by atoms with Gasteiger partial charge in [0.2, 0.25) is 0 Å². The van der Waals surface area contributed by atoms with Gasteiger partial charge < -0.3 is 10.6 Å². The molecule has 1 rings (SSSR count). The largest absolute Gasteiger partial charge is 0.419 e. The predicted octanol–water partition coefficient (Wildman–Crippen LogP) is 3.43. The van der Waals surface area contributed by atoms with Gasteiger partial charge in [-0.1, -0.05) is 13.3 Å². The van der Waals surface area contributed by atoms with Gasteiger partial charge in [0.25, 0.3) is 0 Å². The second-order valence-corrected chi connectivity index (χ2v) is 5.07. The van der Waals surface area contributed by atoms with Gasteiger partial charge >= 0.3 is 6.18 Å². The van der Waals surface area contributed by atoms with Crippen molar-refractivity contribution in [1.82, 2.24) is 4.98 Å². The first-order chi connectivity index (χ1) is 8.90. The summed E-state index contributed by atoms with van der Waals surface area (Å²) >= 11 is 3.02. The van der Waals surface area contributed by atoms with Gasteiger partial charge in [-0.05, 0) is 28.4 Å². The van der Waals surface area contributed by atoms with E-state index in [-0.39, 0.29) is 5.82 Å². The first-order valence-corrected chi connectivity index (χ1v) is 6.87. The Kier molecular flexibility index (Phi) is 6.06. The molecule has 1 aromatic rings. The Morgan fingerprint density at radius 1 is 1.37 bits per heavy atom. The molecule has 108 valence electrons. The van der Waals surface area contributed by atoms with Crippen LogP contribution in [0.3, 0.4) is 0 Å². The van der Waals surface area contributed by atoms with Crippen molar-refractivity contribution < 1.29 is 13.2 Å². The van der Waals surface area contributed by atoms with E-state index in [2.05, 4.69) is 20.9 Å². The number of anilines is 1. The van der Waals surface area contributed by atoms with E-state index >= 15 is 0 Å². The van der Waals surface area contributed by atoms with Gasteiger partial charge in [0.15, 0.2) is 0 Å². The Morgan fingerprint density at radius 2 is 2.05 bits per heavy atom. The lowest BCUT2D eigenvalue weighted by Crippen LogP contribution is -2.33. The number of aromatic nitrogens is 1. The molecule has 7 heteroatoms. The third kappa shape index (κ3) is 4.65. The second-order valence-electron chi connectivity index (χ2n) is 4.15. The maximum absolute atomic E-state index is 13.0. The van der Waals surface area contributed by atoms with Crippen LogP contribution in [0.2, 0.25) is 0 Å². The number of unbranched alkanes of at least 4 members (excludes halogenated alkanes) is 1. The van der Waals surface area contributed by atoms with Crippen LogP contribution in [0.5, 0.6) is 0 Å². The van der Waals surface area contributed by atoms with Crippen LogP contribution >= 0.6 is 15.9 Å². The van der Waals surface area contributed by atoms with E-state index in [4.69, 9.17) is 5.73 Å². The second kappa shape index (κ2) is 7.09. The summed E-state index contributed by atoms with van der Waals surface area (Å²) in [5.74, 6) is -0.0467. The van der Waals surface area contributed by atoms with Crippen molar-refractivity contribution in [3.63, 3.8) is 0 Å². The van der Waals surface area contributed by atoms with E-state index in [0.29, 0.717) is 24.1 Å². The zero-order valence-electron chi connectivity index (χ0n) is 10.7. The van der Waals surface area contributed by atoms with Crippen LogP contribution < -0.4 is 10.6 Å². The predicted molar refractivity (Wildman–Crippen MR) is 73.1 cm³/mol. The van der Waals surface area contributed by atoms with E-state index < -0.39 is 11.7 Å². The van der Waals surface area contributed by atoms with Gasteiger partial charge in [0.1, 0.15) is 5.82 Å². The lowest BCUT2D eigenvalue weighted by Gasteiger charge is -2.26. The molecule has 0 aliphatic carbocycles. The summed E-state index contributed by atoms with van der Waals surface area (Å²) in [6.07, 6.45) is -1.35. The Hall–Kier alpha value is -0.820. The third-order valence-electron chi connectivity index (χ3n) is 2.62. The van der Waals surface area contributed by atoms with Gasteiger partial charge in [-0.3, -0.25) is 0 Å². The molecule has 3 nitrogen and oxygen atoms in total. The van der Waals surface area contributed by atoms with Crippen molar-refractivity contribution >= 4 is 21.7 Å². The standard InChI is InChI=1S/C12H17BrF3N3/c1-2-3-5-19(6-4-17)11-10(12(14,15)16)7-9(13)8-18-11/h7-8H,2-6,17H2,1H3. The van der Waals surface area contributed by atoms with E-state index in [1.165, 1.54) is 6.20 Å². The number of nitrogens with two attached hydrogens (primary N) is 1. The first kappa shape index (κ1) is 16.2.